The van der Waals surface area contributed by atoms with Gasteiger partial charge in [0.05, 0.1) is 31.4 Å². The topological polar surface area (TPSA) is 70.1 Å². The molecule has 0 aliphatic carbocycles. The molecule has 3 aromatic carbocycles. The lowest BCUT2D eigenvalue weighted by Gasteiger charge is -2.31. The third kappa shape index (κ3) is 5.11. The maximum Gasteiger partial charge on any atom is 0.264 e. The van der Waals surface area contributed by atoms with Crippen molar-refractivity contribution < 1.29 is 23.5 Å². The molecule has 1 saturated heterocycles. The van der Waals surface area contributed by atoms with Crippen molar-refractivity contribution in [3.8, 4) is 0 Å². The van der Waals surface area contributed by atoms with Crippen LogP contribution in [-0.4, -0.2) is 49.5 Å². The SMILES string of the molecule is C[C@H]1[C@H]([Si](C)(C)F)[C@@H](CC(=O)N(CCO)Cc2ccccc2)O[C@]12C(=O)N(Cc1ccccc1)c1ccccc12. The molecule has 1 spiro atoms. The quantitative estimate of drug-likeness (QED) is 0.280. The molecule has 2 heterocycles. The Balaban J connectivity index is 1.48. The molecular formula is C32H37FN2O4Si. The number of fused-ring (bicyclic) bond motifs is 2. The number of amides is 2. The highest BCUT2D eigenvalue weighted by atomic mass is 28.4. The average molecular weight is 561 g/mol. The van der Waals surface area contributed by atoms with Crippen molar-refractivity contribution in [1.82, 2.24) is 4.90 Å². The summed E-state index contributed by atoms with van der Waals surface area (Å²) in [6.07, 6.45) is -0.822. The van der Waals surface area contributed by atoms with Crippen LogP contribution < -0.4 is 4.90 Å². The lowest BCUT2D eigenvalue weighted by Crippen LogP contribution is -2.45. The van der Waals surface area contributed by atoms with E-state index < -0.39 is 31.6 Å². The number of rotatable bonds is 9. The van der Waals surface area contributed by atoms with Crippen molar-refractivity contribution in [3.63, 3.8) is 0 Å². The number of ether oxygens (including phenoxy) is 1. The first-order valence-electron chi connectivity index (χ1n) is 13.9. The van der Waals surface area contributed by atoms with E-state index in [1.165, 1.54) is 0 Å². The van der Waals surface area contributed by atoms with Crippen LogP contribution in [0.3, 0.4) is 0 Å². The number of hydrogen-bond acceptors (Lipinski definition) is 4. The van der Waals surface area contributed by atoms with Crippen LogP contribution in [0, 0.1) is 5.92 Å². The van der Waals surface area contributed by atoms with Gasteiger partial charge in [0.2, 0.25) is 14.3 Å². The third-order valence-corrected chi connectivity index (χ3v) is 10.8. The molecular weight excluding hydrogens is 523 g/mol. The fourth-order valence-corrected chi connectivity index (χ4v) is 9.14. The smallest absolute Gasteiger partial charge is 0.264 e. The number of para-hydroxylation sites is 1. The van der Waals surface area contributed by atoms with Gasteiger partial charge >= 0.3 is 0 Å². The van der Waals surface area contributed by atoms with E-state index in [0.29, 0.717) is 13.1 Å². The van der Waals surface area contributed by atoms with Crippen molar-refractivity contribution in [2.24, 2.45) is 5.92 Å². The Morgan fingerprint density at radius 2 is 1.60 bits per heavy atom. The summed E-state index contributed by atoms with van der Waals surface area (Å²) in [7, 11) is -3.40. The molecule has 2 amide bonds. The standard InChI is InChI=1S/C32H37FN2O4Si/c1-23-30(40(2,3)33)28(20-29(37)34(18-19-36)21-24-12-6-4-7-13-24)39-32(23)26-16-10-11-17-27(26)35(31(32)38)22-25-14-8-5-9-15-25/h4-17,23,28,30,36H,18-22H2,1-3H3/t23-,28+,30-,32+/m0/s1. The Bertz CT molecular complexity index is 1350. The molecule has 40 heavy (non-hydrogen) atoms. The molecule has 1 fully saturated rings. The van der Waals surface area contributed by atoms with Crippen LogP contribution in [-0.2, 0) is 33.0 Å². The number of carbonyl (C=O) groups excluding carboxylic acids is 2. The minimum Gasteiger partial charge on any atom is -0.395 e. The number of carbonyl (C=O) groups is 2. The van der Waals surface area contributed by atoms with E-state index in [-0.39, 0.29) is 31.4 Å². The van der Waals surface area contributed by atoms with Crippen LogP contribution in [0.1, 0.15) is 30.0 Å². The average Bonchev–Trinajstić information content (AvgIpc) is 3.36. The number of aliphatic hydroxyl groups is 1. The highest BCUT2D eigenvalue weighted by molar-refractivity contribution is 6.72. The van der Waals surface area contributed by atoms with Gasteiger partial charge in [-0.25, -0.2) is 0 Å². The first-order valence-corrected chi connectivity index (χ1v) is 16.9. The number of benzene rings is 3. The molecule has 5 rings (SSSR count). The van der Waals surface area contributed by atoms with Crippen LogP contribution in [0.5, 0.6) is 0 Å². The van der Waals surface area contributed by atoms with Gasteiger partial charge in [-0.05, 0) is 30.3 Å². The Labute approximate surface area is 236 Å². The molecule has 210 valence electrons. The predicted molar refractivity (Wildman–Crippen MR) is 156 cm³/mol. The Hall–Kier alpha value is -3.33. The Morgan fingerprint density at radius 3 is 2.23 bits per heavy atom. The molecule has 3 aromatic rings. The second-order valence-corrected chi connectivity index (χ2v) is 15.2. The van der Waals surface area contributed by atoms with Gasteiger partial charge in [-0.15, -0.1) is 0 Å². The molecule has 0 saturated carbocycles. The summed E-state index contributed by atoms with van der Waals surface area (Å²) in [6, 6.07) is 26.9. The molecule has 0 radical (unpaired) electrons. The second kappa shape index (κ2) is 11.3. The molecule has 0 aromatic heterocycles. The van der Waals surface area contributed by atoms with Gasteiger partial charge in [0.15, 0.2) is 5.60 Å². The predicted octanol–water partition coefficient (Wildman–Crippen LogP) is 5.42. The zero-order valence-electron chi connectivity index (χ0n) is 23.3. The summed E-state index contributed by atoms with van der Waals surface area (Å²) in [4.78, 5) is 31.3. The molecule has 0 bridgehead atoms. The Kier molecular flexibility index (Phi) is 7.95. The normalized spacial score (nSPS) is 24.0. The van der Waals surface area contributed by atoms with Crippen LogP contribution in [0.2, 0.25) is 18.6 Å². The summed E-state index contributed by atoms with van der Waals surface area (Å²) < 4.78 is 22.8. The number of aliphatic hydroxyl groups excluding tert-OH is 1. The summed E-state index contributed by atoms with van der Waals surface area (Å²) in [6.45, 7) is 5.86. The van der Waals surface area contributed by atoms with Gasteiger partial charge in [-0.1, -0.05) is 85.8 Å². The lowest BCUT2D eigenvalue weighted by molar-refractivity contribution is -0.150. The summed E-state index contributed by atoms with van der Waals surface area (Å²) in [5.41, 5.74) is 1.49. The summed E-state index contributed by atoms with van der Waals surface area (Å²) in [5, 5.41) is 9.68. The third-order valence-electron chi connectivity index (χ3n) is 8.37. The summed E-state index contributed by atoms with van der Waals surface area (Å²) in [5.74, 6) is -0.901. The molecule has 2 aliphatic heterocycles. The monoisotopic (exact) mass is 560 g/mol. The molecule has 0 unspecified atom stereocenters. The minimum atomic E-state index is -3.40. The van der Waals surface area contributed by atoms with Crippen molar-refractivity contribution in [2.45, 2.75) is 56.8 Å². The molecule has 8 heteroatoms. The van der Waals surface area contributed by atoms with Gasteiger partial charge in [0, 0.05) is 30.1 Å². The van der Waals surface area contributed by atoms with E-state index in [1.807, 2.05) is 91.9 Å². The number of anilines is 1. The van der Waals surface area contributed by atoms with Crippen LogP contribution in [0.25, 0.3) is 0 Å². The number of halogens is 1. The van der Waals surface area contributed by atoms with Gasteiger partial charge in [0.1, 0.15) is 0 Å². The van der Waals surface area contributed by atoms with E-state index in [9.17, 15) is 14.7 Å². The number of hydrogen-bond donors (Lipinski definition) is 1. The minimum absolute atomic E-state index is 0.0575. The first-order chi connectivity index (χ1) is 19.2. The van der Waals surface area contributed by atoms with Crippen LogP contribution in [0.4, 0.5) is 9.80 Å². The highest BCUT2D eigenvalue weighted by Crippen LogP contribution is 2.60. The van der Waals surface area contributed by atoms with Gasteiger partial charge in [-0.3, -0.25) is 9.59 Å². The lowest BCUT2D eigenvalue weighted by atomic mass is 9.82. The largest absolute Gasteiger partial charge is 0.395 e. The molecule has 6 nitrogen and oxygen atoms in total. The maximum absolute atomic E-state index is 16.1. The van der Waals surface area contributed by atoms with Crippen molar-refractivity contribution in [3.05, 3.63) is 102 Å². The van der Waals surface area contributed by atoms with Crippen LogP contribution in [0.15, 0.2) is 84.9 Å². The highest BCUT2D eigenvalue weighted by Gasteiger charge is 2.66. The van der Waals surface area contributed by atoms with E-state index in [4.69, 9.17) is 4.74 Å². The number of nitrogens with zero attached hydrogens (tertiary/aromatic N) is 2. The fourth-order valence-electron chi connectivity index (χ4n) is 6.64. The summed E-state index contributed by atoms with van der Waals surface area (Å²) >= 11 is 0. The maximum atomic E-state index is 16.1. The second-order valence-electron chi connectivity index (χ2n) is 11.4. The zero-order chi connectivity index (χ0) is 28.5. The van der Waals surface area contributed by atoms with Crippen molar-refractivity contribution in [1.29, 1.82) is 0 Å². The van der Waals surface area contributed by atoms with Crippen molar-refractivity contribution >= 4 is 25.9 Å². The fraction of sp³-hybridized carbons (Fsp3) is 0.375. The zero-order valence-corrected chi connectivity index (χ0v) is 24.3. The first kappa shape index (κ1) is 28.2. The molecule has 2 aliphatic rings. The van der Waals surface area contributed by atoms with Gasteiger partial charge in [0.25, 0.3) is 5.91 Å². The van der Waals surface area contributed by atoms with E-state index >= 15 is 4.11 Å². The molecule has 1 N–H and O–H groups in total. The van der Waals surface area contributed by atoms with E-state index in [0.717, 1.165) is 22.4 Å². The van der Waals surface area contributed by atoms with E-state index in [1.54, 1.807) is 22.9 Å². The van der Waals surface area contributed by atoms with Gasteiger partial charge in [-0.2, -0.15) is 0 Å². The van der Waals surface area contributed by atoms with Crippen LogP contribution >= 0.6 is 0 Å². The van der Waals surface area contributed by atoms with Crippen molar-refractivity contribution in [2.75, 3.05) is 18.1 Å². The Morgan fingerprint density at radius 1 is 1.00 bits per heavy atom. The van der Waals surface area contributed by atoms with Gasteiger partial charge < -0.3 is 23.8 Å². The molecule has 4 atom stereocenters. The van der Waals surface area contributed by atoms with E-state index in [2.05, 4.69) is 0 Å².